The molecule has 3 nitrogen and oxygen atoms in total. The summed E-state index contributed by atoms with van der Waals surface area (Å²) in [6, 6.07) is 2.93. The van der Waals surface area contributed by atoms with Crippen molar-refractivity contribution in [2.45, 2.75) is 115 Å². The molecule has 0 aliphatic heterocycles. The Morgan fingerprint density at radius 2 is 1.54 bits per heavy atom. The quantitative estimate of drug-likeness (QED) is 0.313. The van der Waals surface area contributed by atoms with Gasteiger partial charge >= 0.3 is 0 Å². The van der Waals surface area contributed by atoms with Crippen LogP contribution in [-0.2, 0) is 4.74 Å². The summed E-state index contributed by atoms with van der Waals surface area (Å²) in [5.41, 5.74) is 0. The van der Waals surface area contributed by atoms with Crippen molar-refractivity contribution >= 4 is 6.21 Å². The number of rotatable bonds is 11. The highest BCUT2D eigenvalue weighted by Crippen LogP contribution is 2.28. The zero-order chi connectivity index (χ0) is 18.5. The molecule has 0 heterocycles. The van der Waals surface area contributed by atoms with E-state index >= 15 is 0 Å². The summed E-state index contributed by atoms with van der Waals surface area (Å²) in [4.78, 5) is 4.87. The fourth-order valence-corrected chi connectivity index (χ4v) is 4.31. The van der Waals surface area contributed by atoms with Crippen LogP contribution in [0.25, 0.3) is 0 Å². The van der Waals surface area contributed by atoms with E-state index in [1.807, 2.05) is 0 Å². The highest BCUT2D eigenvalue weighted by Gasteiger charge is 2.22. The van der Waals surface area contributed by atoms with Crippen LogP contribution in [-0.4, -0.2) is 25.0 Å². The Kier molecular flexibility index (Phi) is 11.0. The fraction of sp³-hybridized carbons (Fsp3) is 0.913. The summed E-state index contributed by atoms with van der Waals surface area (Å²) < 4.78 is 6.10. The Morgan fingerprint density at radius 1 is 0.885 bits per heavy atom. The molecule has 2 aliphatic carbocycles. The van der Waals surface area contributed by atoms with Crippen LogP contribution in [0.5, 0.6) is 0 Å². The van der Waals surface area contributed by atoms with Crippen molar-refractivity contribution in [3.63, 3.8) is 0 Å². The Hall–Kier alpha value is -0.880. The van der Waals surface area contributed by atoms with Crippen molar-refractivity contribution in [2.75, 3.05) is 6.61 Å². The van der Waals surface area contributed by atoms with Gasteiger partial charge in [-0.05, 0) is 63.7 Å². The van der Waals surface area contributed by atoms with E-state index in [0.717, 1.165) is 32.3 Å². The molecule has 0 N–H and O–H groups in total. The van der Waals surface area contributed by atoms with E-state index in [0.29, 0.717) is 24.0 Å². The normalized spacial score (nSPS) is 29.7. The summed E-state index contributed by atoms with van der Waals surface area (Å²) in [6.07, 6.45) is 21.3. The molecule has 2 fully saturated rings. The summed E-state index contributed by atoms with van der Waals surface area (Å²) in [6.45, 7) is 3.23. The number of nitriles is 1. The highest BCUT2D eigenvalue weighted by molar-refractivity contribution is 5.61. The zero-order valence-electron chi connectivity index (χ0n) is 17.0. The van der Waals surface area contributed by atoms with Gasteiger partial charge in [0.25, 0.3) is 0 Å². The van der Waals surface area contributed by atoms with Crippen LogP contribution < -0.4 is 0 Å². The van der Waals surface area contributed by atoms with Crippen LogP contribution in [0.15, 0.2) is 4.99 Å². The van der Waals surface area contributed by atoms with Crippen LogP contribution in [0.3, 0.4) is 0 Å². The number of nitrogens with zero attached hydrogens (tertiary/aromatic N) is 2. The molecule has 0 atom stereocenters. The zero-order valence-corrected chi connectivity index (χ0v) is 17.0. The SMILES string of the molecule is CCCCCCCCCOC1CCC(N=CC2CCC(C#N)CC2)CC1. The van der Waals surface area contributed by atoms with Crippen molar-refractivity contribution < 1.29 is 4.74 Å². The molecule has 0 radical (unpaired) electrons. The fourth-order valence-electron chi connectivity index (χ4n) is 4.31. The van der Waals surface area contributed by atoms with E-state index in [9.17, 15) is 0 Å². The largest absolute Gasteiger partial charge is 0.378 e. The second-order valence-electron chi connectivity index (χ2n) is 8.46. The molecule has 2 saturated carbocycles. The predicted octanol–water partition coefficient (Wildman–Crippen LogP) is 6.47. The van der Waals surface area contributed by atoms with Gasteiger partial charge < -0.3 is 4.74 Å². The number of unbranched alkanes of at least 4 members (excludes halogenated alkanes) is 6. The number of ether oxygens (including phenoxy) is 1. The van der Waals surface area contributed by atoms with Crippen LogP contribution in [0.1, 0.15) is 103 Å². The minimum absolute atomic E-state index is 0.295. The van der Waals surface area contributed by atoms with E-state index < -0.39 is 0 Å². The highest BCUT2D eigenvalue weighted by atomic mass is 16.5. The third-order valence-electron chi connectivity index (χ3n) is 6.21. The molecule has 2 aliphatic rings. The summed E-state index contributed by atoms with van der Waals surface area (Å²) in [5.74, 6) is 0.912. The number of hydrogen-bond acceptors (Lipinski definition) is 3. The molecule has 3 heteroatoms. The molecule has 0 saturated heterocycles. The van der Waals surface area contributed by atoms with Crippen LogP contribution in [0.4, 0.5) is 0 Å². The Balaban J connectivity index is 1.47. The predicted molar refractivity (Wildman–Crippen MR) is 110 cm³/mol. The molecule has 26 heavy (non-hydrogen) atoms. The Labute approximate surface area is 161 Å². The molecule has 0 aromatic carbocycles. The van der Waals surface area contributed by atoms with Crippen molar-refractivity contribution in [1.29, 1.82) is 5.26 Å². The van der Waals surface area contributed by atoms with Gasteiger partial charge in [0.1, 0.15) is 0 Å². The molecule has 0 bridgehead atoms. The van der Waals surface area contributed by atoms with Crippen LogP contribution in [0, 0.1) is 23.2 Å². The molecule has 0 aromatic heterocycles. The summed E-state index contributed by atoms with van der Waals surface area (Å²) >= 11 is 0. The lowest BCUT2D eigenvalue weighted by Gasteiger charge is -2.27. The lowest BCUT2D eigenvalue weighted by atomic mass is 9.83. The van der Waals surface area contributed by atoms with Crippen molar-refractivity contribution in [1.82, 2.24) is 0 Å². The van der Waals surface area contributed by atoms with E-state index in [1.54, 1.807) is 0 Å². The van der Waals surface area contributed by atoms with Gasteiger partial charge in [0, 0.05) is 24.8 Å². The topological polar surface area (TPSA) is 45.4 Å². The van der Waals surface area contributed by atoms with Gasteiger partial charge in [0.2, 0.25) is 0 Å². The first-order valence-corrected chi connectivity index (χ1v) is 11.4. The molecular weight excluding hydrogens is 320 g/mol. The molecule has 0 amide bonds. The minimum Gasteiger partial charge on any atom is -0.378 e. The molecule has 2 rings (SSSR count). The first-order valence-electron chi connectivity index (χ1n) is 11.4. The van der Waals surface area contributed by atoms with Gasteiger partial charge in [0.15, 0.2) is 0 Å². The minimum atomic E-state index is 0.295. The average Bonchev–Trinajstić information content (AvgIpc) is 2.69. The van der Waals surface area contributed by atoms with E-state index in [4.69, 9.17) is 15.0 Å². The van der Waals surface area contributed by atoms with Crippen LogP contribution in [0.2, 0.25) is 0 Å². The maximum atomic E-state index is 8.98. The second kappa shape index (κ2) is 13.3. The van der Waals surface area contributed by atoms with Crippen molar-refractivity contribution in [3.05, 3.63) is 0 Å². The third kappa shape index (κ3) is 8.67. The molecule has 148 valence electrons. The molecular formula is C23H40N2O. The maximum Gasteiger partial charge on any atom is 0.0655 e. The number of aliphatic imine (C=N–C) groups is 1. The van der Waals surface area contributed by atoms with E-state index in [-0.39, 0.29) is 0 Å². The van der Waals surface area contributed by atoms with Crippen molar-refractivity contribution in [2.24, 2.45) is 16.8 Å². The summed E-state index contributed by atoms with van der Waals surface area (Å²) in [7, 11) is 0. The standard InChI is InChI=1S/C23H40N2O/c1-2-3-4-5-6-7-8-17-26-23-15-13-22(14-16-23)25-19-21-11-9-20(18-24)10-12-21/h19-23H,2-17H2,1H3. The maximum absolute atomic E-state index is 8.98. The first kappa shape index (κ1) is 21.4. The van der Waals surface area contributed by atoms with Gasteiger partial charge in [-0.15, -0.1) is 0 Å². The lowest BCUT2D eigenvalue weighted by molar-refractivity contribution is 0.0232. The Morgan fingerprint density at radius 3 is 2.19 bits per heavy atom. The van der Waals surface area contributed by atoms with Gasteiger partial charge in [-0.3, -0.25) is 4.99 Å². The van der Waals surface area contributed by atoms with E-state index in [1.165, 1.54) is 70.6 Å². The smallest absolute Gasteiger partial charge is 0.0655 e. The van der Waals surface area contributed by atoms with Gasteiger partial charge in [-0.25, -0.2) is 0 Å². The van der Waals surface area contributed by atoms with Crippen molar-refractivity contribution in [3.8, 4) is 6.07 Å². The van der Waals surface area contributed by atoms with Gasteiger partial charge in [0.05, 0.1) is 12.2 Å². The summed E-state index contributed by atoms with van der Waals surface area (Å²) in [5, 5.41) is 8.98. The molecule has 0 unspecified atom stereocenters. The molecule has 0 spiro atoms. The first-order chi connectivity index (χ1) is 12.8. The number of hydrogen-bond donors (Lipinski definition) is 0. The van der Waals surface area contributed by atoms with E-state index in [2.05, 4.69) is 19.2 Å². The van der Waals surface area contributed by atoms with Gasteiger partial charge in [-0.2, -0.15) is 5.26 Å². The molecule has 0 aromatic rings. The van der Waals surface area contributed by atoms with Gasteiger partial charge in [-0.1, -0.05) is 45.4 Å². The Bertz CT molecular complexity index is 412. The van der Waals surface area contributed by atoms with Crippen LogP contribution >= 0.6 is 0 Å². The lowest BCUT2D eigenvalue weighted by Crippen LogP contribution is -2.24. The monoisotopic (exact) mass is 360 g/mol. The third-order valence-corrected chi connectivity index (χ3v) is 6.21. The average molecular weight is 361 g/mol. The second-order valence-corrected chi connectivity index (χ2v) is 8.46.